The van der Waals surface area contributed by atoms with E-state index in [4.69, 9.17) is 10.2 Å². The first-order valence-electron chi connectivity index (χ1n) is 5.59. The number of hydrogen-bond acceptors (Lipinski definition) is 3. The van der Waals surface area contributed by atoms with Crippen molar-refractivity contribution in [1.29, 1.82) is 0 Å². The Balaban J connectivity index is 2.15. The highest BCUT2D eigenvalue weighted by Crippen LogP contribution is 2.27. The first-order chi connectivity index (χ1) is 6.99. The molecule has 1 aliphatic carbocycles. The number of carbonyl (C=O) groups is 1. The van der Waals surface area contributed by atoms with E-state index >= 15 is 0 Å². The Bertz CT molecular complexity index is 212. The van der Waals surface area contributed by atoms with Crippen molar-refractivity contribution in [2.75, 3.05) is 13.6 Å². The lowest BCUT2D eigenvalue weighted by atomic mass is 9.82. The number of nitrogens with zero attached hydrogens (tertiary/aromatic N) is 1. The molecule has 0 aromatic rings. The monoisotopic (exact) mass is 215 g/mol. The van der Waals surface area contributed by atoms with Gasteiger partial charge in [-0.3, -0.25) is 4.79 Å². The number of amides is 1. The van der Waals surface area contributed by atoms with E-state index in [-0.39, 0.29) is 12.0 Å². The maximum atomic E-state index is 11.6. The first-order valence-corrected chi connectivity index (χ1v) is 5.59. The number of aliphatic hydroxyl groups is 2. The van der Waals surface area contributed by atoms with Gasteiger partial charge < -0.3 is 15.1 Å². The Hall–Kier alpha value is -0.610. The number of rotatable bonds is 5. The predicted octanol–water partition coefficient (Wildman–Crippen LogP) is 0.377. The van der Waals surface area contributed by atoms with Gasteiger partial charge in [-0.1, -0.05) is 0 Å². The highest BCUT2D eigenvalue weighted by molar-refractivity contribution is 5.75. The van der Waals surface area contributed by atoms with Crippen molar-refractivity contribution in [3.8, 4) is 0 Å². The van der Waals surface area contributed by atoms with E-state index in [9.17, 15) is 4.79 Å². The minimum atomic E-state index is -0.409. The van der Waals surface area contributed by atoms with E-state index < -0.39 is 6.10 Å². The smallest absolute Gasteiger partial charge is 0.222 e. The average Bonchev–Trinajstić information content (AvgIpc) is 2.11. The quantitative estimate of drug-likeness (QED) is 0.697. The molecule has 0 radical (unpaired) electrons. The summed E-state index contributed by atoms with van der Waals surface area (Å²) in [6.45, 7) is 2.42. The van der Waals surface area contributed by atoms with Crippen LogP contribution in [0.25, 0.3) is 0 Å². The molecule has 0 aromatic heterocycles. The van der Waals surface area contributed by atoms with Crippen LogP contribution in [0, 0.1) is 5.92 Å². The zero-order chi connectivity index (χ0) is 11.4. The molecule has 1 atom stereocenters. The van der Waals surface area contributed by atoms with Gasteiger partial charge in [-0.05, 0) is 32.1 Å². The topological polar surface area (TPSA) is 60.8 Å². The molecule has 2 N–H and O–H groups in total. The molecule has 4 nitrogen and oxygen atoms in total. The second-order valence-corrected chi connectivity index (χ2v) is 4.65. The lowest BCUT2D eigenvalue weighted by Gasteiger charge is -2.34. The highest BCUT2D eigenvalue weighted by atomic mass is 16.3. The summed E-state index contributed by atoms with van der Waals surface area (Å²) in [5, 5.41) is 18.2. The van der Waals surface area contributed by atoms with Gasteiger partial charge in [0.25, 0.3) is 0 Å². The molecule has 0 spiro atoms. The number of hydrogen-bond donors (Lipinski definition) is 2. The molecule has 88 valence electrons. The second kappa shape index (κ2) is 5.47. The molecule has 0 heterocycles. The van der Waals surface area contributed by atoms with E-state index in [1.165, 1.54) is 0 Å². The van der Waals surface area contributed by atoms with Crippen LogP contribution in [0.1, 0.15) is 32.6 Å². The standard InChI is InChI=1S/C11H21NO3/c1-8(13)3-4-11(15)12(2)7-9-5-10(14)6-9/h8-10,13-14H,3-7H2,1-2H3. The van der Waals surface area contributed by atoms with Gasteiger partial charge in [0.05, 0.1) is 12.2 Å². The van der Waals surface area contributed by atoms with Crippen LogP contribution < -0.4 is 0 Å². The Kier molecular flexibility index (Phi) is 4.54. The SMILES string of the molecule is CC(O)CCC(=O)N(C)CC1CC(O)C1. The third kappa shape index (κ3) is 4.18. The van der Waals surface area contributed by atoms with Gasteiger partial charge in [0, 0.05) is 20.0 Å². The number of carbonyl (C=O) groups excluding carboxylic acids is 1. The van der Waals surface area contributed by atoms with Crippen molar-refractivity contribution in [2.24, 2.45) is 5.92 Å². The van der Waals surface area contributed by atoms with Crippen LogP contribution in [-0.2, 0) is 4.79 Å². The summed E-state index contributed by atoms with van der Waals surface area (Å²) in [6, 6.07) is 0. The minimum absolute atomic E-state index is 0.0808. The summed E-state index contributed by atoms with van der Waals surface area (Å²) >= 11 is 0. The van der Waals surface area contributed by atoms with E-state index in [0.717, 1.165) is 19.4 Å². The predicted molar refractivity (Wildman–Crippen MR) is 57.3 cm³/mol. The maximum Gasteiger partial charge on any atom is 0.222 e. The van der Waals surface area contributed by atoms with Gasteiger partial charge in [0.1, 0.15) is 0 Å². The van der Waals surface area contributed by atoms with Gasteiger partial charge in [-0.15, -0.1) is 0 Å². The molecule has 0 aliphatic heterocycles. The molecule has 1 saturated carbocycles. The third-order valence-electron chi connectivity index (χ3n) is 2.94. The van der Waals surface area contributed by atoms with Crippen LogP contribution in [0.15, 0.2) is 0 Å². The van der Waals surface area contributed by atoms with Crippen molar-refractivity contribution in [3.05, 3.63) is 0 Å². The minimum Gasteiger partial charge on any atom is -0.393 e. The molecule has 1 aliphatic rings. The molecule has 1 amide bonds. The molecular weight excluding hydrogens is 194 g/mol. The zero-order valence-electron chi connectivity index (χ0n) is 9.52. The largest absolute Gasteiger partial charge is 0.393 e. The molecule has 0 bridgehead atoms. The van der Waals surface area contributed by atoms with Crippen molar-refractivity contribution in [3.63, 3.8) is 0 Å². The van der Waals surface area contributed by atoms with Gasteiger partial charge in [0.15, 0.2) is 0 Å². The van der Waals surface area contributed by atoms with E-state index in [2.05, 4.69) is 0 Å². The summed E-state index contributed by atoms with van der Waals surface area (Å²) in [5.74, 6) is 0.540. The summed E-state index contributed by atoms with van der Waals surface area (Å²) in [6.07, 6.45) is 1.99. The van der Waals surface area contributed by atoms with Gasteiger partial charge in [-0.25, -0.2) is 0 Å². The Morgan fingerprint density at radius 1 is 1.53 bits per heavy atom. The second-order valence-electron chi connectivity index (χ2n) is 4.65. The maximum absolute atomic E-state index is 11.6. The van der Waals surface area contributed by atoms with Crippen LogP contribution in [0.3, 0.4) is 0 Å². The molecule has 1 rings (SSSR count). The molecule has 15 heavy (non-hydrogen) atoms. The van der Waals surface area contributed by atoms with Crippen LogP contribution in [-0.4, -0.2) is 46.8 Å². The van der Waals surface area contributed by atoms with Gasteiger partial charge >= 0.3 is 0 Å². The Labute approximate surface area is 90.9 Å². The van der Waals surface area contributed by atoms with Crippen LogP contribution in [0.5, 0.6) is 0 Å². The normalized spacial score (nSPS) is 26.9. The molecule has 1 fully saturated rings. The van der Waals surface area contributed by atoms with E-state index in [0.29, 0.717) is 18.8 Å². The summed E-state index contributed by atoms with van der Waals surface area (Å²) in [5.41, 5.74) is 0. The van der Waals surface area contributed by atoms with Crippen molar-refractivity contribution in [2.45, 2.75) is 44.8 Å². The summed E-state index contributed by atoms with van der Waals surface area (Å²) in [7, 11) is 1.79. The van der Waals surface area contributed by atoms with E-state index in [1.807, 2.05) is 0 Å². The number of aliphatic hydroxyl groups excluding tert-OH is 2. The first kappa shape index (κ1) is 12.5. The molecular formula is C11H21NO3. The Morgan fingerprint density at radius 3 is 2.60 bits per heavy atom. The fourth-order valence-corrected chi connectivity index (χ4v) is 1.86. The lowest BCUT2D eigenvalue weighted by Crippen LogP contribution is -2.39. The van der Waals surface area contributed by atoms with Crippen molar-refractivity contribution >= 4 is 5.91 Å². The molecule has 4 heteroatoms. The van der Waals surface area contributed by atoms with Crippen molar-refractivity contribution < 1.29 is 15.0 Å². The third-order valence-corrected chi connectivity index (χ3v) is 2.94. The Morgan fingerprint density at radius 2 is 2.13 bits per heavy atom. The van der Waals surface area contributed by atoms with E-state index in [1.54, 1.807) is 18.9 Å². The molecule has 1 unspecified atom stereocenters. The zero-order valence-corrected chi connectivity index (χ0v) is 9.52. The highest BCUT2D eigenvalue weighted by Gasteiger charge is 2.28. The average molecular weight is 215 g/mol. The van der Waals surface area contributed by atoms with Gasteiger partial charge in [0.2, 0.25) is 5.91 Å². The fraction of sp³-hybridized carbons (Fsp3) is 0.909. The lowest BCUT2D eigenvalue weighted by molar-refractivity contribution is -0.132. The van der Waals surface area contributed by atoms with Crippen molar-refractivity contribution in [1.82, 2.24) is 4.90 Å². The van der Waals surface area contributed by atoms with Crippen LogP contribution in [0.2, 0.25) is 0 Å². The molecule has 0 saturated heterocycles. The van der Waals surface area contributed by atoms with Gasteiger partial charge in [-0.2, -0.15) is 0 Å². The fourth-order valence-electron chi connectivity index (χ4n) is 1.86. The van der Waals surface area contributed by atoms with Crippen LogP contribution >= 0.6 is 0 Å². The molecule has 0 aromatic carbocycles. The summed E-state index contributed by atoms with van der Waals surface area (Å²) in [4.78, 5) is 13.3. The van der Waals surface area contributed by atoms with Crippen LogP contribution in [0.4, 0.5) is 0 Å². The summed E-state index contributed by atoms with van der Waals surface area (Å²) < 4.78 is 0.